The van der Waals surface area contributed by atoms with Gasteiger partial charge in [0.25, 0.3) is 0 Å². The van der Waals surface area contributed by atoms with Crippen LogP contribution < -0.4 is 19.7 Å². The minimum absolute atomic E-state index is 0.0497. The number of nitrogens with one attached hydrogen (secondary N) is 1. The molecule has 0 spiro atoms. The Bertz CT molecular complexity index is 728. The number of rotatable bonds is 3. The predicted octanol–water partition coefficient (Wildman–Crippen LogP) is 4.21. The molecule has 0 fully saturated rings. The average Bonchev–Trinajstić information content (AvgIpc) is 2.56. The Balaban J connectivity index is 1.78. The molecule has 2 aromatic rings. The highest BCUT2D eigenvalue weighted by Crippen LogP contribution is 2.34. The highest BCUT2D eigenvalue weighted by atomic mass is 16.5. The van der Waals surface area contributed by atoms with Gasteiger partial charge >= 0.3 is 6.03 Å². The van der Waals surface area contributed by atoms with E-state index in [1.807, 2.05) is 63.2 Å². The molecule has 2 aromatic carbocycles. The monoisotopic (exact) mass is 326 g/mol. The molecule has 1 heterocycles. The first-order valence-electron chi connectivity index (χ1n) is 8.15. The highest BCUT2D eigenvalue weighted by molar-refractivity contribution is 6.03. The van der Waals surface area contributed by atoms with Crippen molar-refractivity contribution in [3.05, 3.63) is 48.0 Å². The van der Waals surface area contributed by atoms with Crippen LogP contribution in [-0.4, -0.2) is 25.3 Å². The number of hydrogen-bond donors (Lipinski definition) is 1. The zero-order chi connectivity index (χ0) is 17.1. The van der Waals surface area contributed by atoms with Crippen molar-refractivity contribution in [2.45, 2.75) is 26.9 Å². The lowest BCUT2D eigenvalue weighted by molar-refractivity contribution is 0.208. The van der Waals surface area contributed by atoms with Gasteiger partial charge in [-0.1, -0.05) is 6.07 Å². The lowest BCUT2D eigenvalue weighted by atomic mass is 10.1. The van der Waals surface area contributed by atoms with Gasteiger partial charge in [-0.3, -0.25) is 4.90 Å². The van der Waals surface area contributed by atoms with Gasteiger partial charge in [0.2, 0.25) is 0 Å². The molecule has 1 aliphatic rings. The van der Waals surface area contributed by atoms with Gasteiger partial charge in [-0.2, -0.15) is 0 Å². The smallest absolute Gasteiger partial charge is 0.326 e. The number of amides is 2. The van der Waals surface area contributed by atoms with Crippen LogP contribution in [0.3, 0.4) is 0 Å². The molecule has 0 saturated heterocycles. The summed E-state index contributed by atoms with van der Waals surface area (Å²) in [6.45, 7) is 7.03. The van der Waals surface area contributed by atoms with Crippen LogP contribution in [0.2, 0.25) is 0 Å². The van der Waals surface area contributed by atoms with E-state index in [0.29, 0.717) is 13.2 Å². The van der Waals surface area contributed by atoms with E-state index in [4.69, 9.17) is 9.47 Å². The molecular formula is C19H22N2O3. The number of urea groups is 1. The molecule has 3 rings (SSSR count). The molecule has 5 nitrogen and oxygen atoms in total. The van der Waals surface area contributed by atoms with E-state index < -0.39 is 0 Å². The fourth-order valence-electron chi connectivity index (χ4n) is 2.73. The van der Waals surface area contributed by atoms with E-state index in [1.165, 1.54) is 0 Å². The number of anilines is 2. The van der Waals surface area contributed by atoms with Crippen molar-refractivity contribution in [2.24, 2.45) is 0 Å². The third-order valence-electron chi connectivity index (χ3n) is 3.83. The standard InChI is InChI=1S/C19H22N2O3/c1-4-23-16-8-6-15(7-9-16)20-19(22)21-12-14(3)24-18-10-5-13(2)11-17(18)21/h5-11,14H,4,12H2,1-3H3,(H,20,22). The van der Waals surface area contributed by atoms with Crippen molar-refractivity contribution in [1.82, 2.24) is 0 Å². The molecule has 126 valence electrons. The molecule has 2 amide bonds. The minimum atomic E-state index is -0.166. The van der Waals surface area contributed by atoms with Gasteiger partial charge in [0.15, 0.2) is 0 Å². The summed E-state index contributed by atoms with van der Waals surface area (Å²) >= 11 is 0. The highest BCUT2D eigenvalue weighted by Gasteiger charge is 2.27. The largest absolute Gasteiger partial charge is 0.494 e. The third kappa shape index (κ3) is 3.45. The molecule has 5 heteroatoms. The van der Waals surface area contributed by atoms with Gasteiger partial charge in [-0.15, -0.1) is 0 Å². The molecule has 0 aromatic heterocycles. The van der Waals surface area contributed by atoms with Crippen molar-refractivity contribution in [1.29, 1.82) is 0 Å². The Morgan fingerprint density at radius 1 is 1.29 bits per heavy atom. The summed E-state index contributed by atoms with van der Waals surface area (Å²) in [4.78, 5) is 14.5. The summed E-state index contributed by atoms with van der Waals surface area (Å²) in [7, 11) is 0. The fraction of sp³-hybridized carbons (Fsp3) is 0.316. The predicted molar refractivity (Wildman–Crippen MR) is 95.2 cm³/mol. The van der Waals surface area contributed by atoms with Gasteiger partial charge in [0.1, 0.15) is 17.6 Å². The molecule has 1 aliphatic heterocycles. The molecule has 0 saturated carbocycles. The second-order valence-corrected chi connectivity index (χ2v) is 5.90. The first-order valence-corrected chi connectivity index (χ1v) is 8.15. The second-order valence-electron chi connectivity index (χ2n) is 5.90. The molecular weight excluding hydrogens is 304 g/mol. The number of aryl methyl sites for hydroxylation is 1. The van der Waals surface area contributed by atoms with Crippen LogP contribution in [-0.2, 0) is 0 Å². The van der Waals surface area contributed by atoms with Crippen LogP contribution in [0.15, 0.2) is 42.5 Å². The van der Waals surface area contributed by atoms with Crippen molar-refractivity contribution < 1.29 is 14.3 Å². The maximum Gasteiger partial charge on any atom is 0.326 e. The molecule has 24 heavy (non-hydrogen) atoms. The van der Waals surface area contributed by atoms with Gasteiger partial charge in [0, 0.05) is 5.69 Å². The summed E-state index contributed by atoms with van der Waals surface area (Å²) in [6, 6.07) is 13.1. The minimum Gasteiger partial charge on any atom is -0.494 e. The van der Waals surface area contributed by atoms with Gasteiger partial charge < -0.3 is 14.8 Å². The number of carbonyl (C=O) groups is 1. The average molecular weight is 326 g/mol. The van der Waals surface area contributed by atoms with Crippen LogP contribution >= 0.6 is 0 Å². The van der Waals surface area contributed by atoms with Gasteiger partial charge in [-0.05, 0) is 62.7 Å². The normalized spacial score (nSPS) is 16.1. The van der Waals surface area contributed by atoms with Gasteiger partial charge in [0.05, 0.1) is 18.8 Å². The van der Waals surface area contributed by atoms with Crippen molar-refractivity contribution >= 4 is 17.4 Å². The molecule has 1 unspecified atom stereocenters. The first-order chi connectivity index (χ1) is 11.6. The van der Waals surface area contributed by atoms with Crippen LogP contribution in [0.25, 0.3) is 0 Å². The second kappa shape index (κ2) is 6.83. The number of benzene rings is 2. The number of ether oxygens (including phenoxy) is 2. The van der Waals surface area contributed by atoms with Crippen LogP contribution in [0, 0.1) is 6.92 Å². The summed E-state index contributed by atoms with van der Waals surface area (Å²) in [6.07, 6.45) is -0.0497. The number of hydrogen-bond acceptors (Lipinski definition) is 3. The Morgan fingerprint density at radius 2 is 2.04 bits per heavy atom. The lowest BCUT2D eigenvalue weighted by Gasteiger charge is -2.33. The van der Waals surface area contributed by atoms with Crippen LogP contribution in [0.5, 0.6) is 11.5 Å². The summed E-state index contributed by atoms with van der Waals surface area (Å²) in [5.41, 5.74) is 2.62. The van der Waals surface area contributed by atoms with Crippen LogP contribution in [0.1, 0.15) is 19.4 Å². The topological polar surface area (TPSA) is 50.8 Å². The first kappa shape index (κ1) is 16.2. The zero-order valence-electron chi connectivity index (χ0n) is 14.2. The van der Waals surface area contributed by atoms with E-state index in [2.05, 4.69) is 5.32 Å². The lowest BCUT2D eigenvalue weighted by Crippen LogP contribution is -2.44. The molecule has 1 atom stereocenters. The molecule has 0 bridgehead atoms. The third-order valence-corrected chi connectivity index (χ3v) is 3.83. The van der Waals surface area contributed by atoms with Crippen molar-refractivity contribution in [2.75, 3.05) is 23.4 Å². The van der Waals surface area contributed by atoms with E-state index in [9.17, 15) is 4.79 Å². The SMILES string of the molecule is CCOc1ccc(NC(=O)N2CC(C)Oc3ccc(C)cc32)cc1. The van der Waals surface area contributed by atoms with E-state index in [1.54, 1.807) is 4.90 Å². The summed E-state index contributed by atoms with van der Waals surface area (Å²) in [5, 5.41) is 2.94. The van der Waals surface area contributed by atoms with Crippen molar-refractivity contribution in [3.63, 3.8) is 0 Å². The molecule has 1 N–H and O–H groups in total. The Morgan fingerprint density at radius 3 is 2.75 bits per heavy atom. The maximum absolute atomic E-state index is 12.7. The van der Waals surface area contributed by atoms with Gasteiger partial charge in [-0.25, -0.2) is 4.79 Å². The Kier molecular flexibility index (Phi) is 4.60. The Labute approximate surface area is 142 Å². The number of fused-ring (bicyclic) bond motifs is 1. The van der Waals surface area contributed by atoms with E-state index in [-0.39, 0.29) is 12.1 Å². The van der Waals surface area contributed by atoms with Crippen molar-refractivity contribution in [3.8, 4) is 11.5 Å². The maximum atomic E-state index is 12.7. The zero-order valence-corrected chi connectivity index (χ0v) is 14.2. The summed E-state index contributed by atoms with van der Waals surface area (Å²) in [5.74, 6) is 1.53. The van der Waals surface area contributed by atoms with E-state index in [0.717, 1.165) is 28.4 Å². The molecule has 0 aliphatic carbocycles. The number of carbonyl (C=O) groups excluding carboxylic acids is 1. The Hall–Kier alpha value is -2.69. The fourth-order valence-corrected chi connectivity index (χ4v) is 2.73. The van der Waals surface area contributed by atoms with E-state index >= 15 is 0 Å². The van der Waals surface area contributed by atoms with Crippen LogP contribution in [0.4, 0.5) is 16.2 Å². The summed E-state index contributed by atoms with van der Waals surface area (Å²) < 4.78 is 11.2. The molecule has 0 radical (unpaired) electrons. The quantitative estimate of drug-likeness (QED) is 0.919. The number of nitrogens with zero attached hydrogens (tertiary/aromatic N) is 1.